The highest BCUT2D eigenvalue weighted by molar-refractivity contribution is 5.86. The van der Waals surface area contributed by atoms with E-state index in [0.29, 0.717) is 6.42 Å². The maximum Gasteiger partial charge on any atom is 0.373 e. The Morgan fingerprint density at radius 1 is 1.32 bits per heavy atom. The van der Waals surface area contributed by atoms with Gasteiger partial charge in [0.15, 0.2) is 0 Å². The van der Waals surface area contributed by atoms with Crippen LogP contribution in [-0.4, -0.2) is 31.1 Å². The van der Waals surface area contributed by atoms with Crippen molar-refractivity contribution in [3.8, 4) is 0 Å². The van der Waals surface area contributed by atoms with Crippen LogP contribution in [0.5, 0.6) is 0 Å². The van der Waals surface area contributed by atoms with Crippen LogP contribution in [0.3, 0.4) is 0 Å². The summed E-state index contributed by atoms with van der Waals surface area (Å²) in [6.07, 6.45) is 0.396. The smallest absolute Gasteiger partial charge is 0.373 e. The molecule has 0 aromatic carbocycles. The Bertz CT molecular complexity index is 537. The minimum absolute atomic E-state index is 0.0162. The van der Waals surface area contributed by atoms with E-state index in [1.165, 1.54) is 19.2 Å². The van der Waals surface area contributed by atoms with E-state index in [1.54, 1.807) is 0 Å². The number of nitrogens with two attached hydrogens (primary N) is 1. The molecule has 0 bridgehead atoms. The Kier molecular flexibility index (Phi) is 6.43. The molecule has 1 atom stereocenters. The van der Waals surface area contributed by atoms with Gasteiger partial charge in [-0.2, -0.15) is 0 Å². The van der Waals surface area contributed by atoms with E-state index < -0.39 is 24.0 Å². The standard InChI is InChI=1S/C14H20N2O6/c1-8(2)6-10(16-14(15)19)12(17)21-7-9-4-5-11(22-9)13(18)20-3/h4-5,8,10H,6-7H2,1-3H3,(H3,15,16,19)/t10-/m1/s1. The van der Waals surface area contributed by atoms with Crippen molar-refractivity contribution in [3.05, 3.63) is 23.7 Å². The molecule has 0 aliphatic rings. The first kappa shape index (κ1) is 17.5. The van der Waals surface area contributed by atoms with Crippen LogP contribution >= 0.6 is 0 Å². The molecular formula is C14H20N2O6. The third kappa shape index (κ3) is 5.47. The van der Waals surface area contributed by atoms with Crippen molar-refractivity contribution < 1.29 is 28.3 Å². The lowest BCUT2D eigenvalue weighted by molar-refractivity contribution is -0.148. The van der Waals surface area contributed by atoms with E-state index in [2.05, 4.69) is 10.1 Å². The molecule has 2 amide bonds. The molecule has 1 aromatic rings. The van der Waals surface area contributed by atoms with Crippen LogP contribution in [0, 0.1) is 5.92 Å². The Labute approximate surface area is 127 Å². The molecule has 3 N–H and O–H groups in total. The highest BCUT2D eigenvalue weighted by Gasteiger charge is 2.23. The van der Waals surface area contributed by atoms with Gasteiger partial charge in [-0.3, -0.25) is 0 Å². The van der Waals surface area contributed by atoms with Crippen LogP contribution in [0.1, 0.15) is 36.6 Å². The number of ether oxygens (including phenoxy) is 2. The average Bonchev–Trinajstić information content (AvgIpc) is 2.91. The Morgan fingerprint density at radius 2 is 2.00 bits per heavy atom. The number of amides is 2. The van der Waals surface area contributed by atoms with Crippen LogP contribution in [0.4, 0.5) is 4.79 Å². The lowest BCUT2D eigenvalue weighted by Gasteiger charge is -2.17. The lowest BCUT2D eigenvalue weighted by atomic mass is 10.0. The minimum Gasteiger partial charge on any atom is -0.463 e. The largest absolute Gasteiger partial charge is 0.463 e. The van der Waals surface area contributed by atoms with Gasteiger partial charge in [0, 0.05) is 0 Å². The van der Waals surface area contributed by atoms with Crippen molar-refractivity contribution in [3.63, 3.8) is 0 Å². The monoisotopic (exact) mass is 312 g/mol. The summed E-state index contributed by atoms with van der Waals surface area (Å²) in [5.74, 6) is -0.772. The predicted molar refractivity (Wildman–Crippen MR) is 75.8 cm³/mol. The van der Waals surface area contributed by atoms with Crippen LogP contribution in [0.2, 0.25) is 0 Å². The molecular weight excluding hydrogens is 292 g/mol. The van der Waals surface area contributed by atoms with Gasteiger partial charge in [0.05, 0.1) is 7.11 Å². The first-order chi connectivity index (χ1) is 10.3. The molecule has 0 aliphatic heterocycles. The average molecular weight is 312 g/mol. The van der Waals surface area contributed by atoms with Gasteiger partial charge < -0.3 is 24.9 Å². The number of urea groups is 1. The zero-order valence-corrected chi connectivity index (χ0v) is 12.8. The molecule has 0 aliphatic carbocycles. The second-order valence-corrected chi connectivity index (χ2v) is 5.06. The van der Waals surface area contributed by atoms with Crippen LogP contribution in [0.15, 0.2) is 16.5 Å². The Balaban J connectivity index is 2.60. The summed E-state index contributed by atoms with van der Waals surface area (Å²) >= 11 is 0. The number of hydrogen-bond acceptors (Lipinski definition) is 6. The number of furan rings is 1. The van der Waals surface area contributed by atoms with Crippen molar-refractivity contribution in [1.82, 2.24) is 5.32 Å². The predicted octanol–water partition coefficient (Wildman–Crippen LogP) is 1.19. The van der Waals surface area contributed by atoms with Gasteiger partial charge in [-0.05, 0) is 24.5 Å². The summed E-state index contributed by atoms with van der Waals surface area (Å²) in [4.78, 5) is 34.1. The second-order valence-electron chi connectivity index (χ2n) is 5.06. The van der Waals surface area contributed by atoms with Gasteiger partial charge in [0.2, 0.25) is 5.76 Å². The fourth-order valence-corrected chi connectivity index (χ4v) is 1.77. The van der Waals surface area contributed by atoms with Crippen LogP contribution < -0.4 is 11.1 Å². The van der Waals surface area contributed by atoms with Gasteiger partial charge in [-0.1, -0.05) is 13.8 Å². The first-order valence-electron chi connectivity index (χ1n) is 6.73. The molecule has 1 rings (SSSR count). The molecule has 0 radical (unpaired) electrons. The van der Waals surface area contributed by atoms with Gasteiger partial charge in [-0.25, -0.2) is 14.4 Å². The van der Waals surface area contributed by atoms with Crippen molar-refractivity contribution in [2.24, 2.45) is 11.7 Å². The molecule has 22 heavy (non-hydrogen) atoms. The fraction of sp³-hybridized carbons (Fsp3) is 0.500. The molecule has 0 spiro atoms. The van der Waals surface area contributed by atoms with Gasteiger partial charge in [-0.15, -0.1) is 0 Å². The number of hydrogen-bond donors (Lipinski definition) is 2. The number of rotatable bonds is 7. The number of primary amides is 1. The third-order valence-corrected chi connectivity index (χ3v) is 2.71. The Hall–Kier alpha value is -2.51. The van der Waals surface area contributed by atoms with E-state index in [0.717, 1.165) is 0 Å². The maximum atomic E-state index is 12.0. The quantitative estimate of drug-likeness (QED) is 0.729. The molecule has 8 nitrogen and oxygen atoms in total. The highest BCUT2D eigenvalue weighted by atomic mass is 16.6. The van der Waals surface area contributed by atoms with E-state index in [4.69, 9.17) is 14.9 Å². The second kappa shape index (κ2) is 8.06. The number of carbonyl (C=O) groups excluding carboxylic acids is 3. The number of esters is 2. The lowest BCUT2D eigenvalue weighted by Crippen LogP contribution is -2.45. The van der Waals surface area contributed by atoms with Crippen LogP contribution in [-0.2, 0) is 20.9 Å². The minimum atomic E-state index is -0.826. The molecule has 0 saturated carbocycles. The maximum absolute atomic E-state index is 12.0. The molecule has 122 valence electrons. The zero-order chi connectivity index (χ0) is 16.7. The fourth-order valence-electron chi connectivity index (χ4n) is 1.77. The molecule has 8 heteroatoms. The van der Waals surface area contributed by atoms with Crippen molar-refractivity contribution in [2.75, 3.05) is 7.11 Å². The SMILES string of the molecule is COC(=O)c1ccc(COC(=O)[C@@H](CC(C)C)NC(N)=O)o1. The first-order valence-corrected chi connectivity index (χ1v) is 6.73. The van der Waals surface area contributed by atoms with Gasteiger partial charge in [0.1, 0.15) is 18.4 Å². The topological polar surface area (TPSA) is 121 Å². The summed E-state index contributed by atoms with van der Waals surface area (Å²) in [5.41, 5.74) is 5.04. The summed E-state index contributed by atoms with van der Waals surface area (Å²) in [6, 6.07) is 1.29. The summed E-state index contributed by atoms with van der Waals surface area (Å²) in [6.45, 7) is 3.64. The zero-order valence-electron chi connectivity index (χ0n) is 12.8. The van der Waals surface area contributed by atoms with Crippen molar-refractivity contribution >= 4 is 18.0 Å². The van der Waals surface area contributed by atoms with E-state index in [9.17, 15) is 14.4 Å². The summed E-state index contributed by atoms with van der Waals surface area (Å²) in [7, 11) is 1.23. The highest BCUT2D eigenvalue weighted by Crippen LogP contribution is 2.12. The van der Waals surface area contributed by atoms with Crippen molar-refractivity contribution in [1.29, 1.82) is 0 Å². The third-order valence-electron chi connectivity index (χ3n) is 2.71. The summed E-state index contributed by atoms with van der Waals surface area (Å²) in [5, 5.41) is 2.34. The van der Waals surface area contributed by atoms with E-state index >= 15 is 0 Å². The van der Waals surface area contributed by atoms with E-state index in [-0.39, 0.29) is 24.0 Å². The molecule has 0 fully saturated rings. The van der Waals surface area contributed by atoms with Crippen LogP contribution in [0.25, 0.3) is 0 Å². The molecule has 0 unspecified atom stereocenters. The molecule has 1 aromatic heterocycles. The van der Waals surface area contributed by atoms with E-state index in [1.807, 2.05) is 13.8 Å². The number of carbonyl (C=O) groups is 3. The van der Waals surface area contributed by atoms with Gasteiger partial charge in [0.25, 0.3) is 0 Å². The Morgan fingerprint density at radius 3 is 2.55 bits per heavy atom. The number of methoxy groups -OCH3 is 1. The van der Waals surface area contributed by atoms with Crippen molar-refractivity contribution in [2.45, 2.75) is 32.9 Å². The molecule has 0 saturated heterocycles. The summed E-state index contributed by atoms with van der Waals surface area (Å²) < 4.78 is 14.7. The van der Waals surface area contributed by atoms with Gasteiger partial charge >= 0.3 is 18.0 Å². The molecule has 1 heterocycles. The normalized spacial score (nSPS) is 11.8. The number of nitrogens with one attached hydrogen (secondary N) is 1.